The lowest BCUT2D eigenvalue weighted by Gasteiger charge is -2.09. The van der Waals surface area contributed by atoms with Crippen LogP contribution in [0.4, 0.5) is 0 Å². The molecule has 2 unspecified atom stereocenters. The van der Waals surface area contributed by atoms with Crippen molar-refractivity contribution in [2.24, 2.45) is 11.8 Å². The Balaban J connectivity index is 1.70. The van der Waals surface area contributed by atoms with Gasteiger partial charge in [-0.05, 0) is 30.0 Å². The fourth-order valence-corrected chi connectivity index (χ4v) is 2.91. The highest BCUT2D eigenvalue weighted by atomic mass is 79.9. The molecule has 3 rings (SSSR count). The van der Waals surface area contributed by atoms with Gasteiger partial charge in [0.25, 0.3) is 5.91 Å². The van der Waals surface area contributed by atoms with E-state index in [0.29, 0.717) is 17.4 Å². The number of carbonyl (C=O) groups excluding carboxylic acids is 1. The molecule has 1 aliphatic carbocycles. The number of phenols is 1. The minimum atomic E-state index is -0.186. The summed E-state index contributed by atoms with van der Waals surface area (Å²) in [4.78, 5) is 12.0. The van der Waals surface area contributed by atoms with Crippen LogP contribution in [-0.4, -0.2) is 30.1 Å². The van der Waals surface area contributed by atoms with Gasteiger partial charge in [-0.1, -0.05) is 15.9 Å². The van der Waals surface area contributed by atoms with Gasteiger partial charge in [-0.2, -0.15) is 0 Å². The zero-order chi connectivity index (χ0) is 12.0. The minimum absolute atomic E-state index is 0.0146. The molecule has 1 heterocycles. The van der Waals surface area contributed by atoms with Gasteiger partial charge in [0.1, 0.15) is 5.75 Å². The monoisotopic (exact) mass is 296 g/mol. The summed E-state index contributed by atoms with van der Waals surface area (Å²) >= 11 is 3.25. The van der Waals surface area contributed by atoms with Crippen LogP contribution in [0.2, 0.25) is 0 Å². The predicted molar refractivity (Wildman–Crippen MR) is 66.9 cm³/mol. The van der Waals surface area contributed by atoms with E-state index in [1.807, 2.05) is 0 Å². The number of hydrogen-bond acceptors (Lipinski definition) is 3. The van der Waals surface area contributed by atoms with Crippen LogP contribution in [-0.2, 0) is 0 Å². The van der Waals surface area contributed by atoms with E-state index >= 15 is 0 Å². The molecule has 1 aliphatic heterocycles. The van der Waals surface area contributed by atoms with Crippen molar-refractivity contribution in [3.63, 3.8) is 0 Å². The number of fused-ring (bicyclic) bond motifs is 1. The topological polar surface area (TPSA) is 61.4 Å². The van der Waals surface area contributed by atoms with Crippen LogP contribution in [0.1, 0.15) is 10.4 Å². The van der Waals surface area contributed by atoms with Gasteiger partial charge in [-0.3, -0.25) is 4.79 Å². The van der Waals surface area contributed by atoms with E-state index in [9.17, 15) is 9.90 Å². The van der Waals surface area contributed by atoms with Crippen molar-refractivity contribution in [1.29, 1.82) is 0 Å². The van der Waals surface area contributed by atoms with Gasteiger partial charge >= 0.3 is 0 Å². The van der Waals surface area contributed by atoms with Gasteiger partial charge in [0.05, 0.1) is 5.56 Å². The Morgan fingerprint density at radius 1 is 1.41 bits per heavy atom. The second-order valence-electron chi connectivity index (χ2n) is 4.65. The molecule has 1 amide bonds. The quantitative estimate of drug-likeness (QED) is 0.766. The van der Waals surface area contributed by atoms with Crippen LogP contribution in [0.3, 0.4) is 0 Å². The van der Waals surface area contributed by atoms with Gasteiger partial charge in [-0.25, -0.2) is 0 Å². The Morgan fingerprint density at radius 3 is 2.76 bits per heavy atom. The van der Waals surface area contributed by atoms with Gasteiger partial charge in [0.2, 0.25) is 0 Å². The lowest BCUT2D eigenvalue weighted by molar-refractivity contribution is 0.0944. The number of amides is 1. The Morgan fingerprint density at radius 2 is 2.12 bits per heavy atom. The van der Waals surface area contributed by atoms with Crippen molar-refractivity contribution in [1.82, 2.24) is 10.6 Å². The van der Waals surface area contributed by atoms with Gasteiger partial charge in [-0.15, -0.1) is 0 Å². The standard InChI is InChI=1S/C12H13BrN2O2/c13-6-1-2-7(10(16)3-6)12(17)15-11-8-4-14-5-9(8)11/h1-3,8-9,11,14,16H,4-5H2,(H,15,17). The number of phenolic OH excluding ortho intramolecular Hbond substituents is 1. The van der Waals surface area contributed by atoms with Gasteiger partial charge in [0, 0.05) is 23.6 Å². The number of halogens is 1. The smallest absolute Gasteiger partial charge is 0.255 e. The summed E-state index contributed by atoms with van der Waals surface area (Å²) in [6, 6.07) is 5.20. The summed E-state index contributed by atoms with van der Waals surface area (Å²) in [7, 11) is 0. The molecular weight excluding hydrogens is 284 g/mol. The van der Waals surface area contributed by atoms with Crippen molar-refractivity contribution >= 4 is 21.8 Å². The first-order chi connectivity index (χ1) is 8.16. The summed E-state index contributed by atoms with van der Waals surface area (Å²) in [5.74, 6) is 0.989. The van der Waals surface area contributed by atoms with E-state index in [2.05, 4.69) is 26.6 Å². The maximum absolute atomic E-state index is 12.0. The molecule has 3 N–H and O–H groups in total. The average molecular weight is 297 g/mol. The summed E-state index contributed by atoms with van der Waals surface area (Å²) in [5.41, 5.74) is 0.339. The third-order valence-corrected chi connectivity index (χ3v) is 4.09. The third-order valence-electron chi connectivity index (χ3n) is 3.59. The molecular formula is C12H13BrN2O2. The van der Waals surface area contributed by atoms with Crippen LogP contribution in [0.25, 0.3) is 0 Å². The average Bonchev–Trinajstić information content (AvgIpc) is 2.74. The second-order valence-corrected chi connectivity index (χ2v) is 5.56. The Kier molecular flexibility index (Phi) is 2.60. The summed E-state index contributed by atoms with van der Waals surface area (Å²) < 4.78 is 0.763. The molecule has 0 aromatic heterocycles. The molecule has 5 heteroatoms. The molecule has 1 aromatic rings. The van der Waals surface area contributed by atoms with E-state index in [1.165, 1.54) is 6.07 Å². The SMILES string of the molecule is O=C(NC1C2CNCC21)c1ccc(Br)cc1O. The van der Waals surface area contributed by atoms with Crippen molar-refractivity contribution in [2.45, 2.75) is 6.04 Å². The highest BCUT2D eigenvalue weighted by Crippen LogP contribution is 2.41. The number of piperidine rings is 1. The minimum Gasteiger partial charge on any atom is -0.507 e. The lowest BCUT2D eigenvalue weighted by atomic mass is 10.2. The molecule has 90 valence electrons. The fraction of sp³-hybridized carbons (Fsp3) is 0.417. The zero-order valence-electron chi connectivity index (χ0n) is 9.11. The number of nitrogens with one attached hydrogen (secondary N) is 2. The Labute approximate surface area is 108 Å². The molecule has 1 aromatic carbocycles. The summed E-state index contributed by atoms with van der Waals surface area (Å²) in [6.45, 7) is 1.98. The van der Waals surface area contributed by atoms with E-state index < -0.39 is 0 Å². The lowest BCUT2D eigenvalue weighted by Crippen LogP contribution is -2.32. The zero-order valence-corrected chi connectivity index (χ0v) is 10.7. The molecule has 0 bridgehead atoms. The maximum atomic E-state index is 12.0. The maximum Gasteiger partial charge on any atom is 0.255 e. The number of hydrogen-bond donors (Lipinski definition) is 3. The largest absolute Gasteiger partial charge is 0.507 e. The van der Waals surface area contributed by atoms with Gasteiger partial charge < -0.3 is 15.7 Å². The van der Waals surface area contributed by atoms with E-state index in [4.69, 9.17) is 0 Å². The first kappa shape index (κ1) is 11.0. The van der Waals surface area contributed by atoms with Crippen LogP contribution < -0.4 is 10.6 Å². The van der Waals surface area contributed by atoms with Gasteiger partial charge in [0.15, 0.2) is 0 Å². The predicted octanol–water partition coefficient (Wildman–Crippen LogP) is 1.10. The molecule has 2 aliphatic rings. The van der Waals surface area contributed by atoms with Crippen molar-refractivity contribution < 1.29 is 9.90 Å². The number of benzene rings is 1. The number of carbonyl (C=O) groups is 1. The van der Waals surface area contributed by atoms with Crippen molar-refractivity contribution in [3.8, 4) is 5.75 Å². The normalized spacial score (nSPS) is 29.8. The summed E-state index contributed by atoms with van der Waals surface area (Å²) in [6.07, 6.45) is 0. The second kappa shape index (κ2) is 3.99. The number of aromatic hydroxyl groups is 1. The fourth-order valence-electron chi connectivity index (χ4n) is 2.56. The van der Waals surface area contributed by atoms with Crippen molar-refractivity contribution in [3.05, 3.63) is 28.2 Å². The molecule has 1 saturated heterocycles. The highest BCUT2D eigenvalue weighted by Gasteiger charge is 2.53. The molecule has 2 atom stereocenters. The highest BCUT2D eigenvalue weighted by molar-refractivity contribution is 9.10. The van der Waals surface area contributed by atoms with E-state index in [1.54, 1.807) is 12.1 Å². The van der Waals surface area contributed by atoms with E-state index in [0.717, 1.165) is 17.6 Å². The van der Waals surface area contributed by atoms with Crippen LogP contribution in [0.5, 0.6) is 5.75 Å². The Hall–Kier alpha value is -1.07. The Bertz CT molecular complexity index is 468. The van der Waals surface area contributed by atoms with Crippen LogP contribution >= 0.6 is 15.9 Å². The van der Waals surface area contributed by atoms with Crippen LogP contribution in [0.15, 0.2) is 22.7 Å². The van der Waals surface area contributed by atoms with Crippen molar-refractivity contribution in [2.75, 3.05) is 13.1 Å². The van der Waals surface area contributed by atoms with Crippen LogP contribution in [0, 0.1) is 11.8 Å². The molecule has 17 heavy (non-hydrogen) atoms. The molecule has 2 fully saturated rings. The third kappa shape index (κ3) is 1.93. The van der Waals surface area contributed by atoms with E-state index in [-0.39, 0.29) is 17.7 Å². The summed E-state index contributed by atoms with van der Waals surface area (Å²) in [5, 5.41) is 15.9. The first-order valence-corrected chi connectivity index (χ1v) is 6.46. The molecule has 4 nitrogen and oxygen atoms in total. The number of rotatable bonds is 2. The first-order valence-electron chi connectivity index (χ1n) is 5.67. The molecule has 1 saturated carbocycles. The molecule has 0 spiro atoms. The molecule has 0 radical (unpaired) electrons.